The first-order valence-electron chi connectivity index (χ1n) is 4.84. The molecule has 0 unspecified atom stereocenters. The number of anilines is 1. The molecule has 0 aromatic heterocycles. The number of aryl methyl sites for hydroxylation is 1. The first kappa shape index (κ1) is 12.0. The predicted octanol–water partition coefficient (Wildman–Crippen LogP) is 2.31. The number of amides is 1. The second kappa shape index (κ2) is 5.75. The molecule has 0 bridgehead atoms. The molecule has 82 valence electrons. The zero-order valence-corrected chi connectivity index (χ0v) is 10.5. The summed E-state index contributed by atoms with van der Waals surface area (Å²) in [6, 6.07) is 6.07. The lowest BCUT2D eigenvalue weighted by Gasteiger charge is -2.09. The van der Waals surface area contributed by atoms with Crippen molar-refractivity contribution < 1.29 is 4.79 Å². The van der Waals surface area contributed by atoms with Crippen LogP contribution >= 0.6 is 15.9 Å². The summed E-state index contributed by atoms with van der Waals surface area (Å²) in [5.41, 5.74) is 2.29. The molecule has 1 aromatic carbocycles. The number of carbonyl (C=O) groups excluding carboxylic acids is 1. The minimum absolute atomic E-state index is 0.00401. The van der Waals surface area contributed by atoms with Crippen LogP contribution in [-0.4, -0.2) is 19.0 Å². The van der Waals surface area contributed by atoms with Crippen molar-refractivity contribution in [1.82, 2.24) is 5.32 Å². The van der Waals surface area contributed by atoms with Gasteiger partial charge in [0.25, 0.3) is 0 Å². The molecule has 1 rings (SSSR count). The Morgan fingerprint density at radius 1 is 1.40 bits per heavy atom. The molecule has 0 atom stereocenters. The molecule has 0 aliphatic carbocycles. The van der Waals surface area contributed by atoms with Crippen LogP contribution in [0.5, 0.6) is 0 Å². The van der Waals surface area contributed by atoms with Crippen LogP contribution in [0.1, 0.15) is 12.5 Å². The fourth-order valence-electron chi connectivity index (χ4n) is 1.26. The standard InChI is InChI=1S/C11H15BrN2O/c1-8-7-10(12)3-4-11(8)14-6-5-13-9(2)15/h3-4,7,14H,5-6H2,1-2H3,(H,13,15). The monoisotopic (exact) mass is 270 g/mol. The van der Waals surface area contributed by atoms with Crippen molar-refractivity contribution in [1.29, 1.82) is 0 Å². The van der Waals surface area contributed by atoms with Gasteiger partial charge in [0.1, 0.15) is 0 Å². The van der Waals surface area contributed by atoms with Crippen molar-refractivity contribution in [2.24, 2.45) is 0 Å². The molecule has 1 aromatic rings. The zero-order valence-electron chi connectivity index (χ0n) is 8.93. The lowest BCUT2D eigenvalue weighted by molar-refractivity contribution is -0.118. The van der Waals surface area contributed by atoms with E-state index in [0.29, 0.717) is 6.54 Å². The van der Waals surface area contributed by atoms with Gasteiger partial charge in [-0.3, -0.25) is 4.79 Å². The molecule has 0 heterocycles. The highest BCUT2D eigenvalue weighted by atomic mass is 79.9. The maximum absolute atomic E-state index is 10.6. The van der Waals surface area contributed by atoms with Crippen molar-refractivity contribution in [2.45, 2.75) is 13.8 Å². The Kier molecular flexibility index (Phi) is 4.62. The average molecular weight is 271 g/mol. The van der Waals surface area contributed by atoms with Crippen LogP contribution in [0, 0.1) is 6.92 Å². The van der Waals surface area contributed by atoms with E-state index in [1.54, 1.807) is 0 Å². The maximum atomic E-state index is 10.6. The Bertz CT molecular complexity index is 352. The van der Waals surface area contributed by atoms with Gasteiger partial charge in [-0.15, -0.1) is 0 Å². The molecule has 1 amide bonds. The number of rotatable bonds is 4. The Morgan fingerprint density at radius 3 is 2.73 bits per heavy atom. The van der Waals surface area contributed by atoms with Crippen molar-refractivity contribution in [3.8, 4) is 0 Å². The van der Waals surface area contributed by atoms with Crippen molar-refractivity contribution in [3.05, 3.63) is 28.2 Å². The van der Waals surface area contributed by atoms with Gasteiger partial charge in [0.15, 0.2) is 0 Å². The maximum Gasteiger partial charge on any atom is 0.216 e. The highest BCUT2D eigenvalue weighted by Crippen LogP contribution is 2.19. The number of benzene rings is 1. The van der Waals surface area contributed by atoms with Gasteiger partial charge in [-0.1, -0.05) is 15.9 Å². The van der Waals surface area contributed by atoms with Crippen LogP contribution in [0.2, 0.25) is 0 Å². The summed E-state index contributed by atoms with van der Waals surface area (Å²) in [4.78, 5) is 10.6. The number of halogens is 1. The number of nitrogens with one attached hydrogen (secondary N) is 2. The predicted molar refractivity (Wildman–Crippen MR) is 66.1 cm³/mol. The number of carbonyl (C=O) groups is 1. The molecule has 0 aliphatic rings. The molecule has 15 heavy (non-hydrogen) atoms. The van der Waals surface area contributed by atoms with Gasteiger partial charge < -0.3 is 10.6 Å². The number of hydrogen-bond donors (Lipinski definition) is 2. The summed E-state index contributed by atoms with van der Waals surface area (Å²) in [5, 5.41) is 6.00. The van der Waals surface area contributed by atoms with Gasteiger partial charge in [-0.25, -0.2) is 0 Å². The van der Waals surface area contributed by atoms with Gasteiger partial charge in [-0.05, 0) is 30.7 Å². The van der Waals surface area contributed by atoms with E-state index in [0.717, 1.165) is 16.7 Å². The summed E-state index contributed by atoms with van der Waals surface area (Å²) in [7, 11) is 0. The van der Waals surface area contributed by atoms with E-state index in [1.807, 2.05) is 19.1 Å². The highest BCUT2D eigenvalue weighted by Gasteiger charge is 1.97. The minimum Gasteiger partial charge on any atom is -0.383 e. The lowest BCUT2D eigenvalue weighted by Crippen LogP contribution is -2.26. The Morgan fingerprint density at radius 2 is 2.13 bits per heavy atom. The van der Waals surface area contributed by atoms with Gasteiger partial charge in [-0.2, -0.15) is 0 Å². The molecule has 0 fully saturated rings. The number of hydrogen-bond acceptors (Lipinski definition) is 2. The highest BCUT2D eigenvalue weighted by molar-refractivity contribution is 9.10. The van der Waals surface area contributed by atoms with Crippen LogP contribution < -0.4 is 10.6 Å². The molecule has 2 N–H and O–H groups in total. The molecule has 0 spiro atoms. The topological polar surface area (TPSA) is 41.1 Å². The van der Waals surface area contributed by atoms with Gasteiger partial charge in [0, 0.05) is 30.2 Å². The summed E-state index contributed by atoms with van der Waals surface area (Å²) in [5.74, 6) is 0.00401. The van der Waals surface area contributed by atoms with Crippen molar-refractivity contribution in [2.75, 3.05) is 18.4 Å². The van der Waals surface area contributed by atoms with E-state index in [2.05, 4.69) is 32.6 Å². The second-order valence-electron chi connectivity index (χ2n) is 3.37. The third-order valence-electron chi connectivity index (χ3n) is 2.00. The summed E-state index contributed by atoms with van der Waals surface area (Å²) in [6.07, 6.45) is 0. The summed E-state index contributed by atoms with van der Waals surface area (Å²) >= 11 is 3.41. The third-order valence-corrected chi connectivity index (χ3v) is 2.50. The van der Waals surface area contributed by atoms with Crippen LogP contribution in [0.15, 0.2) is 22.7 Å². The Hall–Kier alpha value is -1.03. The summed E-state index contributed by atoms with van der Waals surface area (Å²) in [6.45, 7) is 4.95. The largest absolute Gasteiger partial charge is 0.383 e. The normalized spacial score (nSPS) is 9.80. The van der Waals surface area contributed by atoms with Crippen LogP contribution in [0.3, 0.4) is 0 Å². The SMILES string of the molecule is CC(=O)NCCNc1ccc(Br)cc1C. The van der Waals surface area contributed by atoms with Crippen molar-refractivity contribution >= 4 is 27.5 Å². The third kappa shape index (κ3) is 4.34. The lowest BCUT2D eigenvalue weighted by atomic mass is 10.2. The smallest absolute Gasteiger partial charge is 0.216 e. The van der Waals surface area contributed by atoms with E-state index in [1.165, 1.54) is 12.5 Å². The van der Waals surface area contributed by atoms with Crippen LogP contribution in [-0.2, 0) is 4.79 Å². The van der Waals surface area contributed by atoms with Crippen LogP contribution in [0.25, 0.3) is 0 Å². The second-order valence-corrected chi connectivity index (χ2v) is 4.28. The Balaban J connectivity index is 2.40. The molecular formula is C11H15BrN2O. The Labute approximate surface area is 98.4 Å². The van der Waals surface area contributed by atoms with E-state index in [9.17, 15) is 4.79 Å². The van der Waals surface area contributed by atoms with E-state index in [4.69, 9.17) is 0 Å². The van der Waals surface area contributed by atoms with Crippen LogP contribution in [0.4, 0.5) is 5.69 Å². The van der Waals surface area contributed by atoms with E-state index in [-0.39, 0.29) is 5.91 Å². The first-order chi connectivity index (χ1) is 7.09. The molecule has 4 heteroatoms. The fourth-order valence-corrected chi connectivity index (χ4v) is 1.74. The molecule has 0 radical (unpaired) electrons. The van der Waals surface area contributed by atoms with Crippen molar-refractivity contribution in [3.63, 3.8) is 0 Å². The molecule has 0 aliphatic heterocycles. The quantitative estimate of drug-likeness (QED) is 0.825. The zero-order chi connectivity index (χ0) is 11.3. The molecular weight excluding hydrogens is 256 g/mol. The molecule has 0 saturated heterocycles. The van der Waals surface area contributed by atoms with E-state index >= 15 is 0 Å². The minimum atomic E-state index is 0.00401. The van der Waals surface area contributed by atoms with Gasteiger partial charge >= 0.3 is 0 Å². The first-order valence-corrected chi connectivity index (χ1v) is 5.63. The molecule has 3 nitrogen and oxygen atoms in total. The van der Waals surface area contributed by atoms with Gasteiger partial charge in [0.05, 0.1) is 0 Å². The average Bonchev–Trinajstić information content (AvgIpc) is 2.14. The molecule has 0 saturated carbocycles. The van der Waals surface area contributed by atoms with E-state index < -0.39 is 0 Å². The fraction of sp³-hybridized carbons (Fsp3) is 0.364. The van der Waals surface area contributed by atoms with Gasteiger partial charge in [0.2, 0.25) is 5.91 Å². The summed E-state index contributed by atoms with van der Waals surface area (Å²) < 4.78 is 1.08.